The third-order valence-corrected chi connectivity index (χ3v) is 5.33. The van der Waals surface area contributed by atoms with E-state index in [9.17, 15) is 22.8 Å². The van der Waals surface area contributed by atoms with Gasteiger partial charge < -0.3 is 14.4 Å². The van der Waals surface area contributed by atoms with E-state index in [1.165, 1.54) is 40.9 Å². The molecule has 154 valence electrons. The number of fused-ring (bicyclic) bond motifs is 1. The molecule has 9 heteroatoms. The monoisotopic (exact) mass is 425 g/mol. The maximum atomic E-state index is 12.8. The zero-order chi connectivity index (χ0) is 21.2. The molecule has 0 bridgehead atoms. The highest BCUT2D eigenvalue weighted by molar-refractivity contribution is 8.00. The molecule has 1 amide bonds. The Bertz CT molecular complexity index is 915. The molecule has 0 aliphatic carbocycles. The van der Waals surface area contributed by atoms with Crippen LogP contribution in [0.15, 0.2) is 47.4 Å². The van der Waals surface area contributed by atoms with Crippen molar-refractivity contribution in [3.8, 4) is 5.75 Å². The highest BCUT2D eigenvalue weighted by atomic mass is 32.2. The van der Waals surface area contributed by atoms with E-state index in [1.54, 1.807) is 32.0 Å². The van der Waals surface area contributed by atoms with E-state index in [-0.39, 0.29) is 30.1 Å². The van der Waals surface area contributed by atoms with Crippen LogP contribution in [0.3, 0.4) is 0 Å². The van der Waals surface area contributed by atoms with Gasteiger partial charge in [-0.3, -0.25) is 4.79 Å². The molecule has 0 aromatic heterocycles. The number of hydrogen-bond donors (Lipinski definition) is 0. The molecule has 0 saturated heterocycles. The number of benzene rings is 2. The standard InChI is InChI=1S/C20H18F3NO4S/c1-3-27-19(26)14-6-9-17-16(10-14)24(18(25)12(2)29-17)11-13-4-7-15(8-5-13)28-20(21,22)23/h4-10,12H,3,11H2,1-2H3. The van der Waals surface area contributed by atoms with Crippen LogP contribution in [0.5, 0.6) is 5.75 Å². The fourth-order valence-corrected chi connectivity index (χ4v) is 3.94. The molecule has 1 heterocycles. The number of thioether (sulfide) groups is 1. The summed E-state index contributed by atoms with van der Waals surface area (Å²) < 4.78 is 45.8. The summed E-state index contributed by atoms with van der Waals surface area (Å²) in [5, 5.41) is -0.330. The average Bonchev–Trinajstić information content (AvgIpc) is 2.65. The topological polar surface area (TPSA) is 55.8 Å². The van der Waals surface area contributed by atoms with Crippen LogP contribution in [0.2, 0.25) is 0 Å². The van der Waals surface area contributed by atoms with Crippen molar-refractivity contribution in [2.45, 2.75) is 36.9 Å². The number of nitrogens with zero attached hydrogens (tertiary/aromatic N) is 1. The van der Waals surface area contributed by atoms with Crippen molar-refractivity contribution in [2.75, 3.05) is 11.5 Å². The molecule has 2 aromatic rings. The number of amides is 1. The van der Waals surface area contributed by atoms with E-state index in [4.69, 9.17) is 4.74 Å². The van der Waals surface area contributed by atoms with Crippen molar-refractivity contribution < 1.29 is 32.2 Å². The Morgan fingerprint density at radius 3 is 2.48 bits per heavy atom. The Balaban J connectivity index is 1.88. The molecule has 0 saturated carbocycles. The normalized spacial score (nSPS) is 16.4. The first-order valence-electron chi connectivity index (χ1n) is 8.82. The van der Waals surface area contributed by atoms with Gasteiger partial charge in [-0.05, 0) is 49.7 Å². The predicted molar refractivity (Wildman–Crippen MR) is 102 cm³/mol. The molecule has 1 atom stereocenters. The SMILES string of the molecule is CCOC(=O)c1ccc2c(c1)N(Cc1ccc(OC(F)(F)F)cc1)C(=O)C(C)S2. The van der Waals surface area contributed by atoms with Gasteiger partial charge in [0.1, 0.15) is 5.75 Å². The molecule has 5 nitrogen and oxygen atoms in total. The highest BCUT2D eigenvalue weighted by Gasteiger charge is 2.32. The maximum Gasteiger partial charge on any atom is 0.573 e. The summed E-state index contributed by atoms with van der Waals surface area (Å²) in [6, 6.07) is 10.4. The number of rotatable bonds is 5. The van der Waals surface area contributed by atoms with E-state index < -0.39 is 12.3 Å². The van der Waals surface area contributed by atoms with E-state index >= 15 is 0 Å². The minimum absolute atomic E-state index is 0.148. The van der Waals surface area contributed by atoms with Crippen LogP contribution >= 0.6 is 11.8 Å². The van der Waals surface area contributed by atoms with E-state index in [1.807, 2.05) is 0 Å². The van der Waals surface area contributed by atoms with Gasteiger partial charge in [0.25, 0.3) is 0 Å². The van der Waals surface area contributed by atoms with Crippen LogP contribution in [0.1, 0.15) is 29.8 Å². The molecule has 0 spiro atoms. The smallest absolute Gasteiger partial charge is 0.462 e. The molecule has 1 aliphatic rings. The molecule has 3 rings (SSSR count). The summed E-state index contributed by atoms with van der Waals surface area (Å²) in [6.07, 6.45) is -4.76. The van der Waals surface area contributed by atoms with Gasteiger partial charge in [-0.25, -0.2) is 4.79 Å². The van der Waals surface area contributed by atoms with Gasteiger partial charge in [-0.2, -0.15) is 0 Å². The van der Waals surface area contributed by atoms with Crippen LogP contribution in [0.4, 0.5) is 18.9 Å². The van der Waals surface area contributed by atoms with Crippen molar-refractivity contribution >= 4 is 29.3 Å². The molecular formula is C20H18F3NO4S. The number of halogens is 3. The number of hydrogen-bond acceptors (Lipinski definition) is 5. The zero-order valence-electron chi connectivity index (χ0n) is 15.7. The third-order valence-electron chi connectivity index (χ3n) is 4.18. The Kier molecular flexibility index (Phi) is 6.07. The summed E-state index contributed by atoms with van der Waals surface area (Å²) in [5.41, 5.74) is 1.52. The number of anilines is 1. The first-order valence-corrected chi connectivity index (χ1v) is 9.70. The minimum atomic E-state index is -4.76. The van der Waals surface area contributed by atoms with Crippen LogP contribution in [-0.4, -0.2) is 30.1 Å². The summed E-state index contributed by atoms with van der Waals surface area (Å²) in [6.45, 7) is 3.87. The Hall–Kier alpha value is -2.68. The minimum Gasteiger partial charge on any atom is -0.462 e. The lowest BCUT2D eigenvalue weighted by molar-refractivity contribution is -0.274. The molecular weight excluding hydrogens is 407 g/mol. The molecule has 2 aromatic carbocycles. The molecule has 1 unspecified atom stereocenters. The van der Waals surface area contributed by atoms with Crippen LogP contribution in [-0.2, 0) is 16.1 Å². The Morgan fingerprint density at radius 1 is 1.17 bits per heavy atom. The fraction of sp³-hybridized carbons (Fsp3) is 0.300. The van der Waals surface area contributed by atoms with Gasteiger partial charge in [-0.1, -0.05) is 12.1 Å². The summed E-state index contributed by atoms with van der Waals surface area (Å²) in [7, 11) is 0. The van der Waals surface area contributed by atoms with Crippen LogP contribution in [0.25, 0.3) is 0 Å². The highest BCUT2D eigenvalue weighted by Crippen LogP contribution is 2.40. The lowest BCUT2D eigenvalue weighted by Crippen LogP contribution is -2.39. The van der Waals surface area contributed by atoms with Crippen LogP contribution in [0, 0.1) is 0 Å². The lowest BCUT2D eigenvalue weighted by atomic mass is 10.1. The molecule has 29 heavy (non-hydrogen) atoms. The average molecular weight is 425 g/mol. The lowest BCUT2D eigenvalue weighted by Gasteiger charge is -2.32. The first kappa shape index (κ1) is 21.0. The maximum absolute atomic E-state index is 12.8. The van der Waals surface area contributed by atoms with E-state index in [2.05, 4.69) is 4.74 Å². The second kappa shape index (κ2) is 8.36. The zero-order valence-corrected chi connectivity index (χ0v) is 16.5. The summed E-state index contributed by atoms with van der Waals surface area (Å²) in [5.74, 6) is -0.973. The van der Waals surface area contributed by atoms with Gasteiger partial charge in [0.05, 0.1) is 29.7 Å². The molecule has 0 fully saturated rings. The number of carbonyl (C=O) groups excluding carboxylic acids is 2. The number of carbonyl (C=O) groups is 2. The van der Waals surface area contributed by atoms with Crippen molar-refractivity contribution in [1.82, 2.24) is 0 Å². The van der Waals surface area contributed by atoms with Crippen molar-refractivity contribution in [1.29, 1.82) is 0 Å². The number of ether oxygens (including phenoxy) is 2. The number of esters is 1. The summed E-state index contributed by atoms with van der Waals surface area (Å²) in [4.78, 5) is 27.2. The van der Waals surface area contributed by atoms with Gasteiger partial charge in [0.2, 0.25) is 5.91 Å². The summed E-state index contributed by atoms with van der Waals surface area (Å²) >= 11 is 1.39. The molecule has 0 radical (unpaired) electrons. The van der Waals surface area contributed by atoms with Crippen molar-refractivity contribution in [3.63, 3.8) is 0 Å². The molecule has 0 N–H and O–H groups in total. The van der Waals surface area contributed by atoms with Gasteiger partial charge in [0.15, 0.2) is 0 Å². The largest absolute Gasteiger partial charge is 0.573 e. The second-order valence-corrected chi connectivity index (χ2v) is 7.66. The van der Waals surface area contributed by atoms with Crippen LogP contribution < -0.4 is 9.64 Å². The van der Waals surface area contributed by atoms with Gasteiger partial charge in [-0.15, -0.1) is 24.9 Å². The van der Waals surface area contributed by atoms with Crippen molar-refractivity contribution in [2.24, 2.45) is 0 Å². The van der Waals surface area contributed by atoms with Gasteiger partial charge >= 0.3 is 12.3 Å². The van der Waals surface area contributed by atoms with E-state index in [0.717, 1.165) is 4.90 Å². The first-order chi connectivity index (χ1) is 13.7. The predicted octanol–water partition coefficient (Wildman–Crippen LogP) is 4.79. The quantitative estimate of drug-likeness (QED) is 0.645. The third kappa shape index (κ3) is 5.03. The Morgan fingerprint density at radius 2 is 1.86 bits per heavy atom. The number of alkyl halides is 3. The second-order valence-electron chi connectivity index (χ2n) is 6.28. The Labute approximate surface area is 169 Å². The molecule has 1 aliphatic heterocycles. The van der Waals surface area contributed by atoms with Crippen molar-refractivity contribution in [3.05, 3.63) is 53.6 Å². The van der Waals surface area contributed by atoms with Gasteiger partial charge in [0, 0.05) is 4.90 Å². The fourth-order valence-electron chi connectivity index (χ4n) is 2.89. The van der Waals surface area contributed by atoms with E-state index in [0.29, 0.717) is 16.8 Å².